The molecule has 0 amide bonds. The summed E-state index contributed by atoms with van der Waals surface area (Å²) in [5.41, 5.74) is 0.451. The molecule has 0 saturated carbocycles. The molecule has 2 N–H and O–H groups in total. The molecule has 1 saturated heterocycles. The average molecular weight is 200 g/mol. The van der Waals surface area contributed by atoms with Crippen molar-refractivity contribution in [2.45, 2.75) is 13.8 Å². The summed E-state index contributed by atoms with van der Waals surface area (Å²) in [4.78, 5) is 10.4. The van der Waals surface area contributed by atoms with Gasteiger partial charge in [-0.05, 0) is 13.8 Å². The van der Waals surface area contributed by atoms with Crippen LogP contribution >= 0.6 is 0 Å². The molecule has 0 spiro atoms. The number of carbonyl (C=O) groups excluding carboxylic acids is 1. The molecule has 1 heterocycles. The Morgan fingerprint density at radius 2 is 1.71 bits per heavy atom. The van der Waals surface area contributed by atoms with Gasteiger partial charge in [0.1, 0.15) is 0 Å². The Bertz CT molecular complexity index is 165. The summed E-state index contributed by atoms with van der Waals surface area (Å²) in [6.07, 6.45) is 0. The molecule has 1 aliphatic heterocycles. The number of hydrogen-bond donors (Lipinski definition) is 2. The molecule has 1 aliphatic rings. The maximum Gasteiger partial charge on any atom is 0.333 e. The van der Waals surface area contributed by atoms with Crippen molar-refractivity contribution in [3.8, 4) is 0 Å². The summed E-state index contributed by atoms with van der Waals surface area (Å²) in [7, 11) is 0. The van der Waals surface area contributed by atoms with E-state index < -0.39 is 0 Å². The predicted octanol–water partition coefficient (Wildman–Crippen LogP) is 0.305. The fourth-order valence-electron chi connectivity index (χ4n) is 0.858. The maximum absolute atomic E-state index is 10.4. The number of piperazine rings is 1. The molecule has 4 nitrogen and oxygen atoms in total. The van der Waals surface area contributed by atoms with E-state index in [4.69, 9.17) is 0 Å². The first-order valence-corrected chi connectivity index (χ1v) is 4.92. The van der Waals surface area contributed by atoms with Crippen LogP contribution in [0, 0.1) is 0 Å². The van der Waals surface area contributed by atoms with E-state index >= 15 is 0 Å². The zero-order chi connectivity index (χ0) is 10.8. The third kappa shape index (κ3) is 7.76. The van der Waals surface area contributed by atoms with E-state index in [2.05, 4.69) is 21.9 Å². The molecule has 0 aromatic rings. The molecule has 0 unspecified atom stereocenters. The minimum absolute atomic E-state index is 0.312. The van der Waals surface area contributed by atoms with Crippen molar-refractivity contribution in [1.82, 2.24) is 10.6 Å². The van der Waals surface area contributed by atoms with Gasteiger partial charge in [0, 0.05) is 31.8 Å². The first-order valence-electron chi connectivity index (χ1n) is 4.92. The fourth-order valence-corrected chi connectivity index (χ4v) is 0.858. The van der Waals surface area contributed by atoms with Crippen LogP contribution in [0.15, 0.2) is 12.2 Å². The number of rotatable bonds is 2. The molecule has 0 atom stereocenters. The summed E-state index contributed by atoms with van der Waals surface area (Å²) < 4.78 is 4.56. The summed E-state index contributed by atoms with van der Waals surface area (Å²) in [6, 6.07) is 0. The monoisotopic (exact) mass is 200 g/mol. The first kappa shape index (κ1) is 13.1. The standard InChI is InChI=1S/C6H10O2.C4H10N2/c1-4-8-6(7)5(2)3;1-2-6-4-3-5-1/h2,4H2,1,3H3;5-6H,1-4H2. The summed E-state index contributed by atoms with van der Waals surface area (Å²) in [5.74, 6) is -0.312. The lowest BCUT2D eigenvalue weighted by atomic mass is 10.4. The van der Waals surface area contributed by atoms with Gasteiger partial charge in [-0.25, -0.2) is 4.79 Å². The smallest absolute Gasteiger partial charge is 0.333 e. The Morgan fingerprint density at radius 3 is 1.86 bits per heavy atom. The Balaban J connectivity index is 0.000000249. The van der Waals surface area contributed by atoms with Crippen molar-refractivity contribution in [3.05, 3.63) is 12.2 Å². The quantitative estimate of drug-likeness (QED) is 0.497. The average Bonchev–Trinajstić information content (AvgIpc) is 2.21. The van der Waals surface area contributed by atoms with Gasteiger partial charge >= 0.3 is 5.97 Å². The number of nitrogens with one attached hydrogen (secondary N) is 2. The van der Waals surface area contributed by atoms with Gasteiger partial charge in [0.2, 0.25) is 0 Å². The van der Waals surface area contributed by atoms with Crippen LogP contribution in [0.5, 0.6) is 0 Å². The number of ether oxygens (including phenoxy) is 1. The van der Waals surface area contributed by atoms with Gasteiger partial charge in [0.25, 0.3) is 0 Å². The van der Waals surface area contributed by atoms with Gasteiger partial charge in [-0.3, -0.25) is 0 Å². The van der Waals surface area contributed by atoms with Crippen LogP contribution in [0.3, 0.4) is 0 Å². The Hall–Kier alpha value is -0.870. The molecule has 0 bridgehead atoms. The molecule has 1 rings (SSSR count). The Labute approximate surface area is 85.7 Å². The van der Waals surface area contributed by atoms with Gasteiger partial charge in [-0.2, -0.15) is 0 Å². The zero-order valence-corrected chi connectivity index (χ0v) is 9.06. The highest BCUT2D eigenvalue weighted by Gasteiger charge is 1.98. The van der Waals surface area contributed by atoms with Gasteiger partial charge in [0.05, 0.1) is 6.61 Å². The summed E-state index contributed by atoms with van der Waals surface area (Å²) in [5, 5.41) is 6.44. The topological polar surface area (TPSA) is 50.4 Å². The first-order chi connectivity index (χ1) is 6.68. The summed E-state index contributed by atoms with van der Waals surface area (Å²) in [6.45, 7) is 11.8. The third-order valence-electron chi connectivity index (χ3n) is 1.58. The lowest BCUT2D eigenvalue weighted by Gasteiger charge is -2.11. The van der Waals surface area contributed by atoms with E-state index in [1.807, 2.05) is 0 Å². The fraction of sp³-hybridized carbons (Fsp3) is 0.700. The van der Waals surface area contributed by atoms with Gasteiger partial charge in [0.15, 0.2) is 0 Å². The highest BCUT2D eigenvalue weighted by molar-refractivity contribution is 5.86. The second-order valence-electron chi connectivity index (χ2n) is 3.00. The molecule has 0 aromatic carbocycles. The van der Waals surface area contributed by atoms with Crippen LogP contribution in [0.1, 0.15) is 13.8 Å². The molecule has 14 heavy (non-hydrogen) atoms. The van der Waals surface area contributed by atoms with E-state index in [-0.39, 0.29) is 5.97 Å². The molecule has 0 radical (unpaired) electrons. The Kier molecular flexibility index (Phi) is 8.17. The second-order valence-corrected chi connectivity index (χ2v) is 3.00. The van der Waals surface area contributed by atoms with Crippen molar-refractivity contribution in [1.29, 1.82) is 0 Å². The van der Waals surface area contributed by atoms with E-state index in [0.29, 0.717) is 12.2 Å². The van der Waals surface area contributed by atoms with E-state index in [9.17, 15) is 4.79 Å². The molecule has 82 valence electrons. The van der Waals surface area contributed by atoms with Gasteiger partial charge in [-0.1, -0.05) is 6.58 Å². The second kappa shape index (κ2) is 8.72. The lowest BCUT2D eigenvalue weighted by Crippen LogP contribution is -2.39. The minimum Gasteiger partial charge on any atom is -0.463 e. The van der Waals surface area contributed by atoms with Crippen LogP contribution in [0.4, 0.5) is 0 Å². The van der Waals surface area contributed by atoms with Crippen LogP contribution in [0.25, 0.3) is 0 Å². The van der Waals surface area contributed by atoms with Gasteiger partial charge < -0.3 is 15.4 Å². The van der Waals surface area contributed by atoms with Crippen molar-refractivity contribution < 1.29 is 9.53 Å². The van der Waals surface area contributed by atoms with Crippen molar-refractivity contribution in [3.63, 3.8) is 0 Å². The highest BCUT2D eigenvalue weighted by Crippen LogP contribution is 1.89. The normalized spacial score (nSPS) is 15.0. The molecule has 0 aromatic heterocycles. The molecule has 0 aliphatic carbocycles. The minimum atomic E-state index is -0.312. The van der Waals surface area contributed by atoms with Crippen LogP contribution in [-0.4, -0.2) is 38.8 Å². The highest BCUT2D eigenvalue weighted by atomic mass is 16.5. The predicted molar refractivity (Wildman–Crippen MR) is 57.2 cm³/mol. The van der Waals surface area contributed by atoms with E-state index in [1.54, 1.807) is 13.8 Å². The largest absolute Gasteiger partial charge is 0.463 e. The van der Waals surface area contributed by atoms with Gasteiger partial charge in [-0.15, -0.1) is 0 Å². The number of hydrogen-bond acceptors (Lipinski definition) is 4. The molecular formula is C10H20N2O2. The molecular weight excluding hydrogens is 180 g/mol. The molecule has 1 fully saturated rings. The lowest BCUT2D eigenvalue weighted by molar-refractivity contribution is -0.138. The third-order valence-corrected chi connectivity index (χ3v) is 1.58. The maximum atomic E-state index is 10.4. The van der Waals surface area contributed by atoms with Crippen molar-refractivity contribution in [2.24, 2.45) is 0 Å². The van der Waals surface area contributed by atoms with Crippen molar-refractivity contribution in [2.75, 3.05) is 32.8 Å². The van der Waals surface area contributed by atoms with Crippen LogP contribution in [0.2, 0.25) is 0 Å². The van der Waals surface area contributed by atoms with Crippen molar-refractivity contribution >= 4 is 5.97 Å². The van der Waals surface area contributed by atoms with Crippen LogP contribution < -0.4 is 10.6 Å². The van der Waals surface area contributed by atoms with E-state index in [1.165, 1.54) is 0 Å². The molecule has 4 heteroatoms. The zero-order valence-electron chi connectivity index (χ0n) is 9.06. The van der Waals surface area contributed by atoms with Crippen LogP contribution in [-0.2, 0) is 9.53 Å². The number of esters is 1. The SMILES string of the molecule is C1CNCCN1.C=C(C)C(=O)OCC. The summed E-state index contributed by atoms with van der Waals surface area (Å²) >= 11 is 0. The van der Waals surface area contributed by atoms with E-state index in [0.717, 1.165) is 26.2 Å². The number of carbonyl (C=O) groups is 1. The Morgan fingerprint density at radius 1 is 1.29 bits per heavy atom.